The average molecular weight is 205 g/mol. The van der Waals surface area contributed by atoms with E-state index in [1.54, 1.807) is 0 Å². The maximum atomic E-state index is 8.92. The van der Waals surface area contributed by atoms with Gasteiger partial charge in [0.1, 0.15) is 6.07 Å². The van der Waals surface area contributed by atoms with Crippen molar-refractivity contribution in [3.05, 3.63) is 11.6 Å². The molecule has 80 valence electrons. The molecule has 0 unspecified atom stereocenters. The van der Waals surface area contributed by atoms with Gasteiger partial charge in [-0.05, 0) is 12.8 Å². The van der Waals surface area contributed by atoms with Gasteiger partial charge >= 0.3 is 0 Å². The van der Waals surface area contributed by atoms with Gasteiger partial charge in [0.15, 0.2) is 0 Å². The predicted octanol–water partition coefficient (Wildman–Crippen LogP) is 2.42. The van der Waals surface area contributed by atoms with Crippen molar-refractivity contribution in [3.8, 4) is 6.07 Å². The van der Waals surface area contributed by atoms with Crippen LogP contribution in [-0.2, 0) is 5.41 Å². The second kappa shape index (κ2) is 3.27. The molecule has 15 heavy (non-hydrogen) atoms. The third-order valence-electron chi connectivity index (χ3n) is 2.29. The van der Waals surface area contributed by atoms with E-state index in [9.17, 15) is 0 Å². The van der Waals surface area contributed by atoms with E-state index in [1.807, 2.05) is 20.8 Å². The van der Waals surface area contributed by atoms with E-state index in [0.717, 1.165) is 12.8 Å². The molecule has 2 rings (SSSR count). The first kappa shape index (κ1) is 10.0. The zero-order valence-corrected chi connectivity index (χ0v) is 9.29. The second-order valence-corrected chi connectivity index (χ2v) is 4.98. The van der Waals surface area contributed by atoms with E-state index in [0.29, 0.717) is 23.5 Å². The number of rotatable bonds is 2. The normalized spacial score (nSPS) is 16.1. The molecular weight excluding hydrogens is 190 g/mol. The Balaban J connectivity index is 2.28. The summed E-state index contributed by atoms with van der Waals surface area (Å²) in [7, 11) is 0. The number of oxazole rings is 1. The molecule has 1 aromatic rings. The van der Waals surface area contributed by atoms with E-state index in [4.69, 9.17) is 9.68 Å². The van der Waals surface area contributed by atoms with Crippen molar-refractivity contribution in [1.82, 2.24) is 4.98 Å². The Morgan fingerprint density at radius 3 is 2.60 bits per heavy atom. The maximum absolute atomic E-state index is 8.92. The fourth-order valence-electron chi connectivity index (χ4n) is 1.23. The fourth-order valence-corrected chi connectivity index (χ4v) is 1.23. The number of nitriles is 1. The quantitative estimate of drug-likeness (QED) is 0.805. The zero-order valence-electron chi connectivity index (χ0n) is 9.29. The van der Waals surface area contributed by atoms with Crippen LogP contribution in [0.5, 0.6) is 0 Å². The van der Waals surface area contributed by atoms with Crippen molar-refractivity contribution in [1.29, 1.82) is 5.26 Å². The first-order valence-electron chi connectivity index (χ1n) is 5.18. The van der Waals surface area contributed by atoms with Crippen molar-refractivity contribution in [2.75, 3.05) is 5.32 Å². The predicted molar refractivity (Wildman–Crippen MR) is 56.6 cm³/mol. The van der Waals surface area contributed by atoms with Gasteiger partial charge in [0.2, 0.25) is 17.5 Å². The molecule has 4 nitrogen and oxygen atoms in total. The Kier molecular flexibility index (Phi) is 2.18. The van der Waals surface area contributed by atoms with Crippen LogP contribution >= 0.6 is 0 Å². The van der Waals surface area contributed by atoms with Crippen molar-refractivity contribution < 1.29 is 4.42 Å². The van der Waals surface area contributed by atoms with Gasteiger partial charge in [-0.15, -0.1) is 0 Å². The van der Waals surface area contributed by atoms with E-state index >= 15 is 0 Å². The summed E-state index contributed by atoms with van der Waals surface area (Å²) >= 11 is 0. The summed E-state index contributed by atoms with van der Waals surface area (Å²) in [5.41, 5.74) is 0.210. The van der Waals surface area contributed by atoms with E-state index in [-0.39, 0.29) is 5.41 Å². The highest BCUT2D eigenvalue weighted by molar-refractivity contribution is 5.47. The zero-order chi connectivity index (χ0) is 11.1. The largest absolute Gasteiger partial charge is 0.423 e. The van der Waals surface area contributed by atoms with Crippen molar-refractivity contribution in [2.45, 2.75) is 45.1 Å². The van der Waals surface area contributed by atoms with E-state index < -0.39 is 0 Å². The van der Waals surface area contributed by atoms with Gasteiger partial charge in [-0.2, -0.15) is 10.2 Å². The number of nitrogens with zero attached hydrogens (tertiary/aromatic N) is 2. The number of hydrogen-bond acceptors (Lipinski definition) is 4. The molecule has 0 bridgehead atoms. The summed E-state index contributed by atoms with van der Waals surface area (Å²) in [4.78, 5) is 4.19. The summed E-state index contributed by atoms with van der Waals surface area (Å²) in [5, 5.41) is 12.1. The fraction of sp³-hybridized carbons (Fsp3) is 0.636. The number of anilines is 1. The lowest BCUT2D eigenvalue weighted by atomic mass is 9.97. The molecule has 0 aliphatic heterocycles. The molecule has 4 heteroatoms. The van der Waals surface area contributed by atoms with Crippen LogP contribution in [0.1, 0.15) is 45.2 Å². The Morgan fingerprint density at radius 2 is 2.13 bits per heavy atom. The van der Waals surface area contributed by atoms with E-state index in [1.165, 1.54) is 0 Å². The molecular formula is C11H15N3O. The summed E-state index contributed by atoms with van der Waals surface area (Å²) < 4.78 is 5.58. The standard InChI is InChI=1S/C11H15N3O/c1-11(2,3)10-14-8(6-12)9(15-10)13-7-4-5-7/h7,13H,4-5H2,1-3H3. The molecule has 0 radical (unpaired) electrons. The maximum Gasteiger partial charge on any atom is 0.232 e. The molecule has 1 aliphatic rings. The minimum atomic E-state index is -0.158. The average Bonchev–Trinajstić information content (AvgIpc) is 2.82. The number of nitrogens with one attached hydrogen (secondary N) is 1. The molecule has 0 amide bonds. The number of hydrogen-bond donors (Lipinski definition) is 1. The van der Waals surface area contributed by atoms with Crippen molar-refractivity contribution >= 4 is 5.88 Å². The summed E-state index contributed by atoms with van der Waals surface area (Å²) in [6.07, 6.45) is 2.30. The van der Waals surface area contributed by atoms with E-state index in [2.05, 4.69) is 16.4 Å². The van der Waals surface area contributed by atoms with Crippen LogP contribution in [0.15, 0.2) is 4.42 Å². The SMILES string of the molecule is CC(C)(C)c1nc(C#N)c(NC2CC2)o1. The van der Waals surface area contributed by atoms with Gasteiger partial charge in [0, 0.05) is 11.5 Å². The van der Waals surface area contributed by atoms with Crippen LogP contribution in [0.3, 0.4) is 0 Å². The Hall–Kier alpha value is -1.50. The number of aromatic nitrogens is 1. The van der Waals surface area contributed by atoms with Gasteiger partial charge in [-0.1, -0.05) is 20.8 Å². The lowest BCUT2D eigenvalue weighted by Crippen LogP contribution is -2.11. The first-order chi connectivity index (χ1) is 7.00. The molecule has 0 saturated heterocycles. The highest BCUT2D eigenvalue weighted by atomic mass is 16.4. The lowest BCUT2D eigenvalue weighted by molar-refractivity contribution is 0.399. The highest BCUT2D eigenvalue weighted by Crippen LogP contribution is 2.30. The van der Waals surface area contributed by atoms with Crippen LogP contribution < -0.4 is 5.32 Å². The lowest BCUT2D eigenvalue weighted by Gasteiger charge is -2.11. The monoisotopic (exact) mass is 205 g/mol. The minimum absolute atomic E-state index is 0.158. The minimum Gasteiger partial charge on any atom is -0.423 e. The summed E-state index contributed by atoms with van der Waals surface area (Å²) in [6.45, 7) is 6.04. The van der Waals surface area contributed by atoms with Crippen LogP contribution in [0.2, 0.25) is 0 Å². The molecule has 0 aromatic carbocycles. The highest BCUT2D eigenvalue weighted by Gasteiger charge is 2.28. The summed E-state index contributed by atoms with van der Waals surface area (Å²) in [6, 6.07) is 2.52. The van der Waals surface area contributed by atoms with Gasteiger partial charge in [0.05, 0.1) is 0 Å². The van der Waals surface area contributed by atoms with Gasteiger partial charge < -0.3 is 9.73 Å². The molecule has 1 aliphatic carbocycles. The van der Waals surface area contributed by atoms with Crippen LogP contribution in [-0.4, -0.2) is 11.0 Å². The molecule has 0 atom stereocenters. The molecule has 1 aromatic heterocycles. The molecule has 1 N–H and O–H groups in total. The van der Waals surface area contributed by atoms with Gasteiger partial charge in [-0.3, -0.25) is 0 Å². The van der Waals surface area contributed by atoms with Crippen LogP contribution in [0.25, 0.3) is 0 Å². The van der Waals surface area contributed by atoms with Crippen LogP contribution in [0, 0.1) is 11.3 Å². The molecule has 1 heterocycles. The van der Waals surface area contributed by atoms with Crippen molar-refractivity contribution in [2.24, 2.45) is 0 Å². The Labute approximate surface area is 89.3 Å². The smallest absolute Gasteiger partial charge is 0.232 e. The summed E-state index contributed by atoms with van der Waals surface area (Å²) in [5.74, 6) is 1.15. The third kappa shape index (κ3) is 2.12. The topological polar surface area (TPSA) is 61.9 Å². The first-order valence-corrected chi connectivity index (χ1v) is 5.18. The van der Waals surface area contributed by atoms with Gasteiger partial charge in [0.25, 0.3) is 0 Å². The molecule has 1 saturated carbocycles. The Bertz CT molecular complexity index is 404. The van der Waals surface area contributed by atoms with Crippen molar-refractivity contribution in [3.63, 3.8) is 0 Å². The molecule has 1 fully saturated rings. The third-order valence-corrected chi connectivity index (χ3v) is 2.29. The molecule has 0 spiro atoms. The van der Waals surface area contributed by atoms with Gasteiger partial charge in [-0.25, -0.2) is 0 Å². The Morgan fingerprint density at radius 1 is 1.47 bits per heavy atom. The van der Waals surface area contributed by atoms with Crippen LogP contribution in [0.4, 0.5) is 5.88 Å². The second-order valence-electron chi connectivity index (χ2n) is 4.98.